The highest BCUT2D eigenvalue weighted by molar-refractivity contribution is 9.10. The van der Waals surface area contributed by atoms with Crippen LogP contribution in [0.1, 0.15) is 25.3 Å². The van der Waals surface area contributed by atoms with Gasteiger partial charge in [0.2, 0.25) is 5.95 Å². The number of carbonyl (C=O) groups excluding carboxylic acids is 2. The molecular weight excluding hydrogens is 617 g/mol. The van der Waals surface area contributed by atoms with Gasteiger partial charge in [-0.05, 0) is 55.7 Å². The lowest BCUT2D eigenvalue weighted by Gasteiger charge is -2.26. The number of nitrogens with zero attached hydrogens (tertiary/aromatic N) is 3. The van der Waals surface area contributed by atoms with Crippen molar-refractivity contribution in [3.8, 4) is 0 Å². The molecule has 1 aromatic heterocycles. The van der Waals surface area contributed by atoms with E-state index in [9.17, 15) is 18.0 Å². The highest BCUT2D eigenvalue weighted by Gasteiger charge is 2.51. The number of benzene rings is 2. The molecule has 202 valence electrons. The van der Waals surface area contributed by atoms with Crippen LogP contribution < -0.4 is 15.5 Å². The third kappa shape index (κ3) is 5.70. The van der Waals surface area contributed by atoms with Crippen LogP contribution in [0.3, 0.4) is 0 Å². The summed E-state index contributed by atoms with van der Waals surface area (Å²) >= 11 is 15.9. The minimum absolute atomic E-state index is 0.0460. The molecule has 3 amide bonds. The van der Waals surface area contributed by atoms with Crippen molar-refractivity contribution in [1.29, 1.82) is 0 Å². The molecule has 0 saturated heterocycles. The molecule has 0 aliphatic carbocycles. The number of anilines is 2. The van der Waals surface area contributed by atoms with E-state index in [0.717, 1.165) is 10.0 Å². The lowest BCUT2D eigenvalue weighted by molar-refractivity contribution is -0.124. The molecule has 1 aliphatic rings. The molecule has 3 aromatic rings. The number of sulfone groups is 1. The molecule has 2 N–H and O–H groups in total. The molecule has 0 fully saturated rings. The van der Waals surface area contributed by atoms with E-state index in [0.29, 0.717) is 35.1 Å². The van der Waals surface area contributed by atoms with Crippen LogP contribution >= 0.6 is 39.1 Å². The molecule has 0 bridgehead atoms. The molecule has 13 heteroatoms. The van der Waals surface area contributed by atoms with E-state index >= 15 is 0 Å². The number of imidazole rings is 1. The van der Waals surface area contributed by atoms with E-state index in [1.807, 2.05) is 24.3 Å². The van der Waals surface area contributed by atoms with Crippen molar-refractivity contribution in [1.82, 2.24) is 20.2 Å². The van der Waals surface area contributed by atoms with Gasteiger partial charge in [-0.1, -0.05) is 51.3 Å². The fraction of sp³-hybridized carbons (Fsp3) is 0.320. The number of aromatic nitrogens is 2. The molecule has 9 nitrogen and oxygen atoms in total. The van der Waals surface area contributed by atoms with Gasteiger partial charge in [0.1, 0.15) is 5.54 Å². The van der Waals surface area contributed by atoms with Crippen LogP contribution in [0.2, 0.25) is 10.0 Å². The monoisotopic (exact) mass is 641 g/mol. The van der Waals surface area contributed by atoms with Crippen molar-refractivity contribution in [2.75, 3.05) is 24.2 Å². The first kappa shape index (κ1) is 28.4. The number of unbranched alkanes of at least 4 members (excludes halogenated alkanes) is 1. The van der Waals surface area contributed by atoms with Gasteiger partial charge in [-0.25, -0.2) is 23.1 Å². The Hall–Kier alpha value is -2.60. The fourth-order valence-corrected chi connectivity index (χ4v) is 6.81. The van der Waals surface area contributed by atoms with Gasteiger partial charge in [0.25, 0.3) is 5.91 Å². The van der Waals surface area contributed by atoms with Gasteiger partial charge in [0, 0.05) is 34.5 Å². The van der Waals surface area contributed by atoms with Crippen molar-refractivity contribution in [3.05, 3.63) is 68.7 Å². The molecule has 0 spiro atoms. The number of carbonyl (C=O) groups is 2. The number of amides is 3. The van der Waals surface area contributed by atoms with Crippen molar-refractivity contribution in [2.45, 2.75) is 36.8 Å². The van der Waals surface area contributed by atoms with Crippen molar-refractivity contribution in [3.63, 3.8) is 0 Å². The minimum Gasteiger partial charge on any atom is -0.341 e. The Bertz CT molecular complexity index is 1460. The summed E-state index contributed by atoms with van der Waals surface area (Å²) in [4.78, 5) is 31.1. The van der Waals surface area contributed by atoms with Crippen LogP contribution in [0, 0.1) is 0 Å². The van der Waals surface area contributed by atoms with E-state index in [1.54, 1.807) is 25.1 Å². The van der Waals surface area contributed by atoms with Crippen LogP contribution in [-0.2, 0) is 26.6 Å². The Kier molecular flexibility index (Phi) is 8.41. The summed E-state index contributed by atoms with van der Waals surface area (Å²) in [6.07, 6.45) is 2.30. The maximum atomic E-state index is 14.0. The Morgan fingerprint density at radius 3 is 2.39 bits per heavy atom. The Labute approximate surface area is 239 Å². The zero-order valence-corrected chi connectivity index (χ0v) is 24.6. The third-order valence-corrected chi connectivity index (χ3v) is 9.02. The van der Waals surface area contributed by atoms with Crippen molar-refractivity contribution >= 4 is 72.5 Å². The standard InChI is InChI=1S/C25H26BrCl2N5O4S/c1-25(14-16-5-7-17(26)8-6-16)22(34)32(20-12-18(27)11-19(28)13-20)24-31-15-21(33(24)25)38(36,37)10-4-3-9-30-23(35)29-2/h5-8,11-13,15H,3-4,9-10,14H2,1-2H3,(H2,29,30,35). The molecule has 38 heavy (non-hydrogen) atoms. The lowest BCUT2D eigenvalue weighted by Crippen LogP contribution is -2.42. The van der Waals surface area contributed by atoms with E-state index in [2.05, 4.69) is 31.5 Å². The first-order valence-electron chi connectivity index (χ1n) is 11.8. The minimum atomic E-state index is -3.83. The van der Waals surface area contributed by atoms with Gasteiger partial charge >= 0.3 is 6.03 Å². The SMILES string of the molecule is CNC(=O)NCCCCS(=O)(=O)c1cnc2n1C(C)(Cc1ccc(Br)cc1)C(=O)N2c1cc(Cl)cc(Cl)c1. The van der Waals surface area contributed by atoms with E-state index in [-0.39, 0.29) is 35.1 Å². The average molecular weight is 643 g/mol. The number of fused-ring (bicyclic) bond motifs is 1. The summed E-state index contributed by atoms with van der Waals surface area (Å²) in [5, 5.41) is 5.70. The first-order chi connectivity index (χ1) is 18.0. The zero-order chi connectivity index (χ0) is 27.7. The summed E-state index contributed by atoms with van der Waals surface area (Å²) in [7, 11) is -2.32. The van der Waals surface area contributed by atoms with E-state index in [4.69, 9.17) is 23.2 Å². The van der Waals surface area contributed by atoms with Crippen molar-refractivity contribution < 1.29 is 18.0 Å². The normalized spacial score (nSPS) is 17.0. The van der Waals surface area contributed by atoms with Crippen LogP contribution in [0.4, 0.5) is 16.4 Å². The molecule has 1 atom stereocenters. The van der Waals surface area contributed by atoms with Crippen LogP contribution in [0.15, 0.2) is 58.2 Å². The number of rotatable bonds is 9. The van der Waals surface area contributed by atoms with Gasteiger partial charge < -0.3 is 10.6 Å². The van der Waals surface area contributed by atoms with Gasteiger partial charge in [0.15, 0.2) is 14.9 Å². The number of nitrogens with one attached hydrogen (secondary N) is 2. The fourth-order valence-electron chi connectivity index (χ4n) is 4.46. The number of hydrogen-bond donors (Lipinski definition) is 2. The van der Waals surface area contributed by atoms with E-state index in [1.165, 1.54) is 22.7 Å². The molecule has 1 aliphatic heterocycles. The second kappa shape index (κ2) is 11.3. The summed E-state index contributed by atoms with van der Waals surface area (Å²) in [5.74, 6) is -0.347. The average Bonchev–Trinajstić information content (AvgIpc) is 3.38. The Balaban J connectivity index is 1.73. The lowest BCUT2D eigenvalue weighted by atomic mass is 9.92. The summed E-state index contributed by atoms with van der Waals surface area (Å²) in [5.41, 5.74) is -0.0566. The molecular formula is C25H26BrCl2N5O4S. The quantitative estimate of drug-likeness (QED) is 0.317. The second-order valence-electron chi connectivity index (χ2n) is 9.11. The molecule has 0 saturated carbocycles. The zero-order valence-electron chi connectivity index (χ0n) is 20.7. The molecule has 1 unspecified atom stereocenters. The summed E-state index contributed by atoms with van der Waals surface area (Å²) < 4.78 is 29.4. The van der Waals surface area contributed by atoms with Gasteiger partial charge in [0.05, 0.1) is 17.6 Å². The third-order valence-electron chi connectivity index (χ3n) is 6.31. The van der Waals surface area contributed by atoms with Crippen LogP contribution in [-0.4, -0.2) is 49.3 Å². The van der Waals surface area contributed by atoms with Gasteiger partial charge in [-0.3, -0.25) is 9.36 Å². The van der Waals surface area contributed by atoms with Crippen LogP contribution in [0.5, 0.6) is 0 Å². The maximum Gasteiger partial charge on any atom is 0.314 e. The molecule has 4 rings (SSSR count). The van der Waals surface area contributed by atoms with Crippen LogP contribution in [0.25, 0.3) is 0 Å². The highest BCUT2D eigenvalue weighted by Crippen LogP contribution is 2.44. The predicted octanol–water partition coefficient (Wildman–Crippen LogP) is 5.07. The topological polar surface area (TPSA) is 113 Å². The first-order valence-corrected chi connectivity index (χ1v) is 15.0. The smallest absolute Gasteiger partial charge is 0.314 e. The maximum absolute atomic E-state index is 14.0. The number of hydrogen-bond acceptors (Lipinski definition) is 5. The Morgan fingerprint density at radius 1 is 1.11 bits per heavy atom. The predicted molar refractivity (Wildman–Crippen MR) is 151 cm³/mol. The molecule has 2 heterocycles. The Morgan fingerprint density at radius 2 is 1.76 bits per heavy atom. The summed E-state index contributed by atoms with van der Waals surface area (Å²) in [6, 6.07) is 11.9. The largest absolute Gasteiger partial charge is 0.341 e. The second-order valence-corrected chi connectivity index (χ2v) is 13.0. The molecule has 2 aromatic carbocycles. The van der Waals surface area contributed by atoms with Gasteiger partial charge in [-0.2, -0.15) is 0 Å². The number of urea groups is 1. The van der Waals surface area contributed by atoms with E-state index < -0.39 is 15.4 Å². The number of halogens is 3. The summed E-state index contributed by atoms with van der Waals surface area (Å²) in [6.45, 7) is 2.05. The highest BCUT2D eigenvalue weighted by atomic mass is 79.9. The van der Waals surface area contributed by atoms with Crippen molar-refractivity contribution in [2.24, 2.45) is 0 Å². The van der Waals surface area contributed by atoms with Gasteiger partial charge in [-0.15, -0.1) is 0 Å². The molecule has 0 radical (unpaired) electrons.